The Morgan fingerprint density at radius 1 is 1.00 bits per heavy atom. The van der Waals surface area contributed by atoms with Crippen molar-refractivity contribution in [3.05, 3.63) is 72.5 Å². The first kappa shape index (κ1) is 18.3. The largest absolute Gasteiger partial charge is 0.464 e. The number of carbonyl (C=O) groups excluding carboxylic acids is 1. The highest BCUT2D eigenvalue weighted by Crippen LogP contribution is 2.30. The lowest BCUT2D eigenvalue weighted by molar-refractivity contribution is -0.115. The number of anilines is 1. The van der Waals surface area contributed by atoms with E-state index in [-0.39, 0.29) is 23.0 Å². The van der Waals surface area contributed by atoms with Crippen molar-refractivity contribution in [1.82, 2.24) is 0 Å². The van der Waals surface area contributed by atoms with Gasteiger partial charge in [-0.15, -0.1) is 0 Å². The lowest BCUT2D eigenvalue weighted by Gasteiger charge is -2.07. The van der Waals surface area contributed by atoms with E-state index in [1.54, 1.807) is 25.3 Å². The van der Waals surface area contributed by atoms with E-state index in [1.807, 2.05) is 36.4 Å². The number of hydrogen-bond acceptors (Lipinski definition) is 4. The predicted molar refractivity (Wildman–Crippen MR) is 110 cm³/mol. The van der Waals surface area contributed by atoms with Crippen molar-refractivity contribution in [2.24, 2.45) is 0 Å². The molecule has 1 heterocycles. The summed E-state index contributed by atoms with van der Waals surface area (Å²) in [5.41, 5.74) is 2.11. The molecule has 0 saturated heterocycles. The van der Waals surface area contributed by atoms with Gasteiger partial charge in [0.25, 0.3) is 0 Å². The number of fused-ring (bicyclic) bond motifs is 3. The molecule has 1 amide bonds. The molecule has 0 aliphatic rings. The molecule has 4 rings (SSSR count). The molecule has 0 atom stereocenters. The Morgan fingerprint density at radius 2 is 1.75 bits per heavy atom. The number of sulfone groups is 1. The summed E-state index contributed by atoms with van der Waals surface area (Å²) in [7, 11) is -3.25. The Labute approximate surface area is 162 Å². The average molecular weight is 393 g/mol. The maximum Gasteiger partial charge on any atom is 0.228 e. The summed E-state index contributed by atoms with van der Waals surface area (Å²) in [6.45, 7) is 1.60. The van der Waals surface area contributed by atoms with E-state index < -0.39 is 9.84 Å². The number of amides is 1. The molecule has 0 fully saturated rings. The topological polar surface area (TPSA) is 76.4 Å². The highest BCUT2D eigenvalue weighted by atomic mass is 32.2. The molecule has 3 aromatic carbocycles. The number of benzene rings is 3. The summed E-state index contributed by atoms with van der Waals surface area (Å²) in [5, 5.41) is 5.89. The number of furan rings is 1. The minimum absolute atomic E-state index is 0.0419. The third-order valence-electron chi connectivity index (χ3n) is 4.77. The second kappa shape index (κ2) is 7.13. The van der Waals surface area contributed by atoms with Crippen molar-refractivity contribution < 1.29 is 17.6 Å². The molecule has 4 aromatic rings. The van der Waals surface area contributed by atoms with Crippen LogP contribution in [-0.4, -0.2) is 20.1 Å². The summed E-state index contributed by atoms with van der Waals surface area (Å²) in [6, 6.07) is 18.1. The van der Waals surface area contributed by atoms with Crippen LogP contribution in [0.3, 0.4) is 0 Å². The smallest absolute Gasteiger partial charge is 0.228 e. The van der Waals surface area contributed by atoms with Gasteiger partial charge in [0, 0.05) is 16.6 Å². The van der Waals surface area contributed by atoms with Crippen molar-refractivity contribution in [3.8, 4) is 0 Å². The van der Waals surface area contributed by atoms with E-state index in [0.717, 1.165) is 27.3 Å². The first-order valence-electron chi connectivity index (χ1n) is 8.98. The summed E-state index contributed by atoms with van der Waals surface area (Å²) >= 11 is 0. The average Bonchev–Trinajstić information content (AvgIpc) is 3.11. The van der Waals surface area contributed by atoms with Gasteiger partial charge in [0.1, 0.15) is 5.58 Å². The van der Waals surface area contributed by atoms with Crippen LogP contribution in [0.15, 0.2) is 76.2 Å². The minimum atomic E-state index is -3.25. The SMILES string of the molecule is CCS(=O)(=O)c1ccc(NC(=O)Cc2coc3ccc4ccccc4c23)cc1. The molecule has 142 valence electrons. The zero-order valence-corrected chi connectivity index (χ0v) is 16.1. The highest BCUT2D eigenvalue weighted by molar-refractivity contribution is 7.91. The van der Waals surface area contributed by atoms with Gasteiger partial charge in [-0.25, -0.2) is 8.42 Å². The molecule has 28 heavy (non-hydrogen) atoms. The fraction of sp³-hybridized carbons (Fsp3) is 0.136. The Morgan fingerprint density at radius 3 is 2.50 bits per heavy atom. The minimum Gasteiger partial charge on any atom is -0.464 e. The Bertz CT molecular complexity index is 1270. The molecule has 0 aliphatic carbocycles. The van der Waals surface area contributed by atoms with E-state index in [2.05, 4.69) is 5.32 Å². The van der Waals surface area contributed by atoms with Crippen molar-refractivity contribution >= 4 is 43.2 Å². The van der Waals surface area contributed by atoms with Gasteiger partial charge in [-0.3, -0.25) is 4.79 Å². The van der Waals surface area contributed by atoms with Crippen molar-refractivity contribution in [1.29, 1.82) is 0 Å². The molecule has 5 nitrogen and oxygen atoms in total. The van der Waals surface area contributed by atoms with Gasteiger partial charge < -0.3 is 9.73 Å². The molecular weight excluding hydrogens is 374 g/mol. The Balaban J connectivity index is 1.57. The molecule has 0 radical (unpaired) electrons. The maximum atomic E-state index is 12.5. The van der Waals surface area contributed by atoms with Gasteiger partial charge in [0.05, 0.1) is 23.3 Å². The Kier molecular flexibility index (Phi) is 4.65. The molecule has 0 bridgehead atoms. The predicted octanol–water partition coefficient (Wildman–Crippen LogP) is 4.56. The number of hydrogen-bond donors (Lipinski definition) is 1. The van der Waals surface area contributed by atoms with Gasteiger partial charge in [-0.05, 0) is 41.1 Å². The third-order valence-corrected chi connectivity index (χ3v) is 6.52. The van der Waals surface area contributed by atoms with Gasteiger partial charge in [0.15, 0.2) is 9.84 Å². The van der Waals surface area contributed by atoms with Crippen LogP contribution in [0, 0.1) is 0 Å². The molecule has 0 unspecified atom stereocenters. The van der Waals surface area contributed by atoms with Crippen molar-refractivity contribution in [2.75, 3.05) is 11.1 Å². The van der Waals surface area contributed by atoms with E-state index >= 15 is 0 Å². The molecule has 0 aliphatic heterocycles. The zero-order valence-electron chi connectivity index (χ0n) is 15.3. The number of rotatable bonds is 5. The van der Waals surface area contributed by atoms with E-state index in [0.29, 0.717) is 5.69 Å². The van der Waals surface area contributed by atoms with Gasteiger partial charge in [0.2, 0.25) is 5.91 Å². The van der Waals surface area contributed by atoms with Crippen molar-refractivity contribution in [2.45, 2.75) is 18.2 Å². The van der Waals surface area contributed by atoms with E-state index in [9.17, 15) is 13.2 Å². The molecule has 0 spiro atoms. The number of carbonyl (C=O) groups is 1. The van der Waals surface area contributed by atoms with Crippen LogP contribution in [0.4, 0.5) is 5.69 Å². The number of nitrogens with one attached hydrogen (secondary N) is 1. The van der Waals surface area contributed by atoms with Crippen LogP contribution in [-0.2, 0) is 21.1 Å². The first-order chi connectivity index (χ1) is 13.5. The lowest BCUT2D eigenvalue weighted by Crippen LogP contribution is -2.14. The van der Waals surface area contributed by atoms with Gasteiger partial charge >= 0.3 is 0 Å². The second-order valence-electron chi connectivity index (χ2n) is 6.57. The van der Waals surface area contributed by atoms with Crippen molar-refractivity contribution in [3.63, 3.8) is 0 Å². The van der Waals surface area contributed by atoms with Crippen LogP contribution < -0.4 is 5.32 Å². The fourth-order valence-electron chi connectivity index (χ4n) is 3.29. The van der Waals surface area contributed by atoms with Crippen LogP contribution in [0.1, 0.15) is 12.5 Å². The third kappa shape index (κ3) is 3.39. The maximum absolute atomic E-state index is 12.5. The Hall–Kier alpha value is -3.12. The van der Waals surface area contributed by atoms with Crippen LogP contribution >= 0.6 is 0 Å². The van der Waals surface area contributed by atoms with Crippen LogP contribution in [0.25, 0.3) is 21.7 Å². The summed E-state index contributed by atoms with van der Waals surface area (Å²) < 4.78 is 29.4. The zero-order chi connectivity index (χ0) is 19.7. The normalized spacial score (nSPS) is 11.8. The summed E-state index contributed by atoms with van der Waals surface area (Å²) in [6.07, 6.45) is 1.78. The summed E-state index contributed by atoms with van der Waals surface area (Å²) in [5.74, 6) is -0.151. The van der Waals surface area contributed by atoms with Crippen LogP contribution in [0.2, 0.25) is 0 Å². The van der Waals surface area contributed by atoms with Gasteiger partial charge in [-0.2, -0.15) is 0 Å². The quantitative estimate of drug-likeness (QED) is 0.539. The molecule has 6 heteroatoms. The van der Waals surface area contributed by atoms with E-state index in [1.165, 1.54) is 12.1 Å². The second-order valence-corrected chi connectivity index (χ2v) is 8.85. The molecule has 1 aromatic heterocycles. The van der Waals surface area contributed by atoms with Gasteiger partial charge in [-0.1, -0.05) is 37.3 Å². The van der Waals surface area contributed by atoms with E-state index in [4.69, 9.17) is 4.42 Å². The summed E-state index contributed by atoms with van der Waals surface area (Å²) in [4.78, 5) is 12.8. The fourth-order valence-corrected chi connectivity index (χ4v) is 4.18. The molecule has 0 saturated carbocycles. The molecule has 1 N–H and O–H groups in total. The van der Waals surface area contributed by atoms with Crippen LogP contribution in [0.5, 0.6) is 0 Å². The molecular formula is C22H19NO4S. The highest BCUT2D eigenvalue weighted by Gasteiger charge is 2.14. The monoisotopic (exact) mass is 393 g/mol. The lowest BCUT2D eigenvalue weighted by atomic mass is 10.0. The first-order valence-corrected chi connectivity index (χ1v) is 10.6. The standard InChI is InChI=1S/C22H19NO4S/c1-2-28(25,26)18-10-8-17(9-11-18)23-21(24)13-16-14-27-20-12-7-15-5-3-4-6-19(15)22(16)20/h3-12,14H,2,13H2,1H3,(H,23,24).